The average Bonchev–Trinajstić information content (AvgIpc) is 2.82. The molecule has 19 heavy (non-hydrogen) atoms. The van der Waals surface area contributed by atoms with E-state index < -0.39 is 40.0 Å². The van der Waals surface area contributed by atoms with Gasteiger partial charge in [0.2, 0.25) is 0 Å². The fraction of sp³-hybridized carbons (Fsp3) is 0.800. The maximum absolute atomic E-state index is 11.9. The molecule has 0 aromatic rings. The highest BCUT2D eigenvalue weighted by Crippen LogP contribution is 2.19. The van der Waals surface area contributed by atoms with Crippen LogP contribution < -0.4 is 5.32 Å². The summed E-state index contributed by atoms with van der Waals surface area (Å²) in [5, 5.41) is 20.9. The number of urea groups is 1. The number of aliphatic hydroxyl groups is 1. The van der Waals surface area contributed by atoms with E-state index in [0.717, 1.165) is 4.90 Å². The second-order valence-corrected chi connectivity index (χ2v) is 7.17. The van der Waals surface area contributed by atoms with Crippen molar-refractivity contribution in [1.29, 1.82) is 0 Å². The summed E-state index contributed by atoms with van der Waals surface area (Å²) >= 11 is 0. The van der Waals surface area contributed by atoms with Gasteiger partial charge in [0.15, 0.2) is 9.84 Å². The zero-order valence-corrected chi connectivity index (χ0v) is 11.0. The number of carboxylic acids is 1. The van der Waals surface area contributed by atoms with Crippen LogP contribution in [-0.4, -0.2) is 71.8 Å². The maximum Gasteiger partial charge on any atom is 0.326 e. The largest absolute Gasteiger partial charge is 0.480 e. The van der Waals surface area contributed by atoms with Crippen LogP contribution in [0.3, 0.4) is 0 Å². The Hall–Kier alpha value is -1.35. The molecule has 0 aromatic heterocycles. The van der Waals surface area contributed by atoms with E-state index in [1.165, 1.54) is 0 Å². The maximum atomic E-state index is 11.9. The first-order valence-corrected chi connectivity index (χ1v) is 7.79. The first-order valence-electron chi connectivity index (χ1n) is 5.97. The van der Waals surface area contributed by atoms with Crippen molar-refractivity contribution in [3.63, 3.8) is 0 Å². The van der Waals surface area contributed by atoms with Crippen LogP contribution in [0.15, 0.2) is 0 Å². The van der Waals surface area contributed by atoms with Crippen molar-refractivity contribution < 1.29 is 28.2 Å². The lowest BCUT2D eigenvalue weighted by Gasteiger charge is -2.23. The van der Waals surface area contributed by atoms with Crippen molar-refractivity contribution in [1.82, 2.24) is 10.2 Å². The third kappa shape index (κ3) is 3.16. The number of aliphatic hydroxyl groups excluding tert-OH is 1. The summed E-state index contributed by atoms with van der Waals surface area (Å²) in [7, 11) is -3.10. The Balaban J connectivity index is 1.98. The van der Waals surface area contributed by atoms with E-state index >= 15 is 0 Å². The molecule has 2 fully saturated rings. The number of carboxylic acid groups (broad SMARTS) is 1. The Labute approximate surface area is 110 Å². The molecule has 1 unspecified atom stereocenters. The van der Waals surface area contributed by atoms with Crippen LogP contribution in [0.4, 0.5) is 4.79 Å². The van der Waals surface area contributed by atoms with Gasteiger partial charge < -0.3 is 20.4 Å². The average molecular weight is 292 g/mol. The molecule has 0 radical (unpaired) electrons. The van der Waals surface area contributed by atoms with E-state index in [1.54, 1.807) is 0 Å². The summed E-state index contributed by atoms with van der Waals surface area (Å²) in [5.74, 6) is -1.26. The first kappa shape index (κ1) is 14.1. The number of nitrogens with one attached hydrogen (secondary N) is 1. The molecule has 3 atom stereocenters. The van der Waals surface area contributed by atoms with Gasteiger partial charge in [0.25, 0.3) is 0 Å². The summed E-state index contributed by atoms with van der Waals surface area (Å²) in [6, 6.07) is -2.18. The van der Waals surface area contributed by atoms with Gasteiger partial charge in [-0.05, 0) is 6.42 Å². The van der Waals surface area contributed by atoms with E-state index in [9.17, 15) is 23.1 Å². The van der Waals surface area contributed by atoms with Gasteiger partial charge in [-0.3, -0.25) is 0 Å². The Kier molecular flexibility index (Phi) is 3.68. The highest BCUT2D eigenvalue weighted by molar-refractivity contribution is 7.91. The van der Waals surface area contributed by atoms with Gasteiger partial charge in [0.1, 0.15) is 6.04 Å². The molecule has 0 saturated carbocycles. The molecular weight excluding hydrogens is 276 g/mol. The number of rotatable bonds is 2. The Morgan fingerprint density at radius 1 is 1.32 bits per heavy atom. The van der Waals surface area contributed by atoms with Gasteiger partial charge in [0.05, 0.1) is 17.6 Å². The first-order chi connectivity index (χ1) is 8.78. The molecular formula is C10H16N2O6S. The summed E-state index contributed by atoms with van der Waals surface area (Å²) in [5.41, 5.74) is 0. The molecule has 8 nitrogen and oxygen atoms in total. The minimum absolute atomic E-state index is 0.00822. The third-order valence-corrected chi connectivity index (χ3v) is 5.15. The Morgan fingerprint density at radius 3 is 2.53 bits per heavy atom. The molecule has 9 heteroatoms. The zero-order chi connectivity index (χ0) is 14.2. The molecule has 2 aliphatic heterocycles. The fourth-order valence-electron chi connectivity index (χ4n) is 2.44. The smallest absolute Gasteiger partial charge is 0.326 e. The van der Waals surface area contributed by atoms with Crippen molar-refractivity contribution in [2.45, 2.75) is 31.0 Å². The minimum atomic E-state index is -3.10. The van der Waals surface area contributed by atoms with E-state index in [-0.39, 0.29) is 24.5 Å². The second kappa shape index (κ2) is 4.97. The van der Waals surface area contributed by atoms with Gasteiger partial charge in [-0.25, -0.2) is 18.0 Å². The molecule has 2 heterocycles. The van der Waals surface area contributed by atoms with Gasteiger partial charge in [-0.2, -0.15) is 0 Å². The molecule has 2 rings (SSSR count). The van der Waals surface area contributed by atoms with Gasteiger partial charge >= 0.3 is 12.0 Å². The van der Waals surface area contributed by atoms with Crippen LogP contribution in [0.25, 0.3) is 0 Å². The minimum Gasteiger partial charge on any atom is -0.480 e. The fourth-order valence-corrected chi connectivity index (χ4v) is 4.11. The highest BCUT2D eigenvalue weighted by Gasteiger charge is 2.40. The van der Waals surface area contributed by atoms with Crippen LogP contribution in [0.5, 0.6) is 0 Å². The molecule has 0 bridgehead atoms. The number of hydrogen-bond acceptors (Lipinski definition) is 5. The molecule has 2 saturated heterocycles. The number of amides is 2. The molecule has 2 amide bonds. The number of hydrogen-bond donors (Lipinski definition) is 3. The van der Waals surface area contributed by atoms with Gasteiger partial charge in [-0.15, -0.1) is 0 Å². The van der Waals surface area contributed by atoms with E-state index in [0.29, 0.717) is 6.42 Å². The lowest BCUT2D eigenvalue weighted by molar-refractivity contribution is -0.141. The van der Waals surface area contributed by atoms with Crippen LogP contribution >= 0.6 is 0 Å². The van der Waals surface area contributed by atoms with Crippen LogP contribution in [0.1, 0.15) is 12.8 Å². The monoisotopic (exact) mass is 292 g/mol. The van der Waals surface area contributed by atoms with Crippen molar-refractivity contribution in [3.05, 3.63) is 0 Å². The van der Waals surface area contributed by atoms with Crippen molar-refractivity contribution in [2.75, 3.05) is 18.1 Å². The molecule has 3 N–H and O–H groups in total. The molecule has 108 valence electrons. The molecule has 0 spiro atoms. The van der Waals surface area contributed by atoms with E-state index in [4.69, 9.17) is 5.11 Å². The predicted octanol–water partition coefficient (Wildman–Crippen LogP) is -1.60. The number of likely N-dealkylation sites (tertiary alicyclic amines) is 1. The number of carbonyl (C=O) groups is 2. The summed E-state index contributed by atoms with van der Waals surface area (Å²) in [6.07, 6.45) is -0.535. The SMILES string of the molecule is O=C(O)[C@@H]1C[C@H](O)CN1C(=O)NC1CCS(=O)(=O)C1. The number of β-amino-alcohol motifs (C(OH)–C–C–N with tert-alkyl or cyclic N) is 1. The second-order valence-electron chi connectivity index (χ2n) is 4.95. The quantitative estimate of drug-likeness (QED) is 0.563. The molecule has 2 aliphatic rings. The molecule has 0 aromatic carbocycles. The van der Waals surface area contributed by atoms with Gasteiger partial charge in [-0.1, -0.05) is 0 Å². The standard InChI is InChI=1S/C10H16N2O6S/c13-7-3-8(9(14)15)12(4-7)10(16)11-6-1-2-19(17,18)5-6/h6-8,13H,1-5H2,(H,11,16)(H,14,15)/t6?,7-,8-/m0/s1. The van der Waals surface area contributed by atoms with Crippen molar-refractivity contribution in [2.24, 2.45) is 0 Å². The lowest BCUT2D eigenvalue weighted by Crippen LogP contribution is -2.49. The Morgan fingerprint density at radius 2 is 2.00 bits per heavy atom. The van der Waals surface area contributed by atoms with E-state index in [1.807, 2.05) is 0 Å². The summed E-state index contributed by atoms with van der Waals surface area (Å²) < 4.78 is 22.5. The highest BCUT2D eigenvalue weighted by atomic mass is 32.2. The van der Waals surface area contributed by atoms with Gasteiger partial charge in [0, 0.05) is 19.0 Å². The molecule has 0 aliphatic carbocycles. The van der Waals surface area contributed by atoms with Crippen LogP contribution in [0, 0.1) is 0 Å². The lowest BCUT2D eigenvalue weighted by atomic mass is 10.2. The predicted molar refractivity (Wildman–Crippen MR) is 64.3 cm³/mol. The number of sulfone groups is 1. The zero-order valence-electron chi connectivity index (χ0n) is 10.2. The summed E-state index contributed by atoms with van der Waals surface area (Å²) in [4.78, 5) is 23.9. The van der Waals surface area contributed by atoms with Crippen molar-refractivity contribution >= 4 is 21.8 Å². The van der Waals surface area contributed by atoms with Crippen LogP contribution in [-0.2, 0) is 14.6 Å². The summed E-state index contributed by atoms with van der Waals surface area (Å²) in [6.45, 7) is -0.0533. The van der Waals surface area contributed by atoms with E-state index in [2.05, 4.69) is 5.32 Å². The normalized spacial score (nSPS) is 33.3. The number of aliphatic carboxylic acids is 1. The third-order valence-electron chi connectivity index (χ3n) is 3.38. The topological polar surface area (TPSA) is 124 Å². The van der Waals surface area contributed by atoms with Crippen LogP contribution in [0.2, 0.25) is 0 Å². The number of carbonyl (C=O) groups excluding carboxylic acids is 1. The van der Waals surface area contributed by atoms with Crippen molar-refractivity contribution in [3.8, 4) is 0 Å². The number of nitrogens with zero attached hydrogens (tertiary/aromatic N) is 1. The Bertz CT molecular complexity index is 490.